The molecule has 0 N–H and O–H groups in total. The number of hydrogen-bond donors (Lipinski definition) is 0. The molecule has 0 aromatic rings. The van der Waals surface area contributed by atoms with E-state index in [1.54, 1.807) is 0 Å². The maximum absolute atomic E-state index is 5.84. The molecule has 0 radical (unpaired) electrons. The van der Waals surface area contributed by atoms with Crippen molar-refractivity contribution in [3.05, 3.63) is 0 Å². The largest absolute Gasteiger partial charge is 0.350 e. The first-order chi connectivity index (χ1) is 5.35. The molecule has 0 unspecified atom stereocenters. The molecule has 2 heteroatoms. The highest BCUT2D eigenvalue weighted by Gasteiger charge is 2.42. The molecule has 2 fully saturated rings. The summed E-state index contributed by atoms with van der Waals surface area (Å²) in [6.45, 7) is 3.08. The van der Waals surface area contributed by atoms with Crippen molar-refractivity contribution in [3.8, 4) is 0 Å². The van der Waals surface area contributed by atoms with Crippen LogP contribution in [0.25, 0.3) is 0 Å². The van der Waals surface area contributed by atoms with Crippen molar-refractivity contribution in [2.24, 2.45) is 0 Å². The van der Waals surface area contributed by atoms with Crippen LogP contribution in [0.15, 0.2) is 0 Å². The molecule has 1 spiro atoms. The van der Waals surface area contributed by atoms with E-state index in [2.05, 4.69) is 6.92 Å². The molecule has 0 amide bonds. The molecule has 0 aliphatic carbocycles. The molecular weight excluding hydrogens is 140 g/mol. The van der Waals surface area contributed by atoms with Gasteiger partial charge < -0.3 is 9.47 Å². The van der Waals surface area contributed by atoms with Gasteiger partial charge in [0.05, 0.1) is 12.7 Å². The van der Waals surface area contributed by atoms with Crippen molar-refractivity contribution in [2.45, 2.75) is 50.9 Å². The van der Waals surface area contributed by atoms with Crippen molar-refractivity contribution in [2.75, 3.05) is 6.61 Å². The highest BCUT2D eigenvalue weighted by Crippen LogP contribution is 2.39. The summed E-state index contributed by atoms with van der Waals surface area (Å²) in [5, 5.41) is 0. The lowest BCUT2D eigenvalue weighted by molar-refractivity contribution is -0.198. The zero-order chi connectivity index (χ0) is 7.73. The Morgan fingerprint density at radius 3 is 2.91 bits per heavy atom. The van der Waals surface area contributed by atoms with Crippen molar-refractivity contribution < 1.29 is 9.47 Å². The van der Waals surface area contributed by atoms with Crippen molar-refractivity contribution >= 4 is 0 Å². The van der Waals surface area contributed by atoms with Crippen LogP contribution < -0.4 is 0 Å². The predicted octanol–water partition coefficient (Wildman–Crippen LogP) is 2.08. The fourth-order valence-electron chi connectivity index (χ4n) is 2.05. The first kappa shape index (κ1) is 7.56. The van der Waals surface area contributed by atoms with E-state index in [4.69, 9.17) is 9.47 Å². The smallest absolute Gasteiger partial charge is 0.168 e. The summed E-state index contributed by atoms with van der Waals surface area (Å²) in [5.41, 5.74) is 0. The second-order valence-corrected chi connectivity index (χ2v) is 3.55. The molecule has 0 aromatic carbocycles. The molecule has 11 heavy (non-hydrogen) atoms. The Morgan fingerprint density at radius 1 is 1.45 bits per heavy atom. The van der Waals surface area contributed by atoms with Crippen molar-refractivity contribution in [3.63, 3.8) is 0 Å². The molecule has 2 nitrogen and oxygen atoms in total. The van der Waals surface area contributed by atoms with Gasteiger partial charge in [-0.2, -0.15) is 0 Å². The molecular formula is C9H16O2. The summed E-state index contributed by atoms with van der Waals surface area (Å²) in [4.78, 5) is 0. The van der Waals surface area contributed by atoms with Crippen LogP contribution in [-0.2, 0) is 9.47 Å². The standard InChI is InChI=1S/C9H16O2/c1-2-8-4-6-9(11-8)5-3-7-10-9/h8H,2-7H2,1H3/t8-,9+/m0/s1. The number of hydrogen-bond acceptors (Lipinski definition) is 2. The summed E-state index contributed by atoms with van der Waals surface area (Å²) in [6, 6.07) is 0. The van der Waals surface area contributed by atoms with Crippen LogP contribution in [0.4, 0.5) is 0 Å². The van der Waals surface area contributed by atoms with E-state index in [0.717, 1.165) is 25.9 Å². The molecule has 64 valence electrons. The maximum atomic E-state index is 5.84. The zero-order valence-electron chi connectivity index (χ0n) is 7.14. The highest BCUT2D eigenvalue weighted by atomic mass is 16.7. The van der Waals surface area contributed by atoms with Crippen LogP contribution in [0.3, 0.4) is 0 Å². The Kier molecular flexibility index (Phi) is 1.90. The SMILES string of the molecule is CC[C@H]1CC[C@@]2(CCCO2)O1. The molecule has 2 atom stereocenters. The van der Waals surface area contributed by atoms with Gasteiger partial charge in [-0.1, -0.05) is 6.92 Å². The second-order valence-electron chi connectivity index (χ2n) is 3.55. The van der Waals surface area contributed by atoms with E-state index in [1.807, 2.05) is 0 Å². The van der Waals surface area contributed by atoms with Gasteiger partial charge in [-0.25, -0.2) is 0 Å². The van der Waals surface area contributed by atoms with Crippen molar-refractivity contribution in [1.29, 1.82) is 0 Å². The fourth-order valence-corrected chi connectivity index (χ4v) is 2.05. The van der Waals surface area contributed by atoms with Crippen molar-refractivity contribution in [1.82, 2.24) is 0 Å². The molecule has 2 heterocycles. The van der Waals surface area contributed by atoms with Crippen LogP contribution in [0.1, 0.15) is 39.0 Å². The minimum Gasteiger partial charge on any atom is -0.350 e. The van der Waals surface area contributed by atoms with E-state index < -0.39 is 0 Å². The normalized spacial score (nSPS) is 43.9. The lowest BCUT2D eigenvalue weighted by Crippen LogP contribution is -2.27. The minimum absolute atomic E-state index is 0.138. The summed E-state index contributed by atoms with van der Waals surface area (Å²) in [5.74, 6) is -0.138. The van der Waals surface area contributed by atoms with E-state index in [0.29, 0.717) is 6.10 Å². The molecule has 0 aromatic heterocycles. The minimum atomic E-state index is -0.138. The lowest BCUT2D eigenvalue weighted by Gasteiger charge is -2.22. The summed E-state index contributed by atoms with van der Waals surface area (Å²) < 4.78 is 11.4. The first-order valence-corrected chi connectivity index (χ1v) is 4.66. The van der Waals surface area contributed by atoms with Crippen LogP contribution in [0, 0.1) is 0 Å². The van der Waals surface area contributed by atoms with Gasteiger partial charge in [0.1, 0.15) is 0 Å². The van der Waals surface area contributed by atoms with Gasteiger partial charge in [0.15, 0.2) is 5.79 Å². The second kappa shape index (κ2) is 2.76. The fraction of sp³-hybridized carbons (Fsp3) is 1.00. The van der Waals surface area contributed by atoms with Crippen LogP contribution in [0.2, 0.25) is 0 Å². The van der Waals surface area contributed by atoms with Gasteiger partial charge in [0, 0.05) is 12.8 Å². The number of ether oxygens (including phenoxy) is 2. The molecule has 2 aliphatic rings. The van der Waals surface area contributed by atoms with E-state index in [1.165, 1.54) is 12.8 Å². The topological polar surface area (TPSA) is 18.5 Å². The van der Waals surface area contributed by atoms with Crippen LogP contribution in [0.5, 0.6) is 0 Å². The summed E-state index contributed by atoms with van der Waals surface area (Å²) in [7, 11) is 0. The Bertz CT molecular complexity index is 138. The monoisotopic (exact) mass is 156 g/mol. The quantitative estimate of drug-likeness (QED) is 0.578. The molecule has 2 saturated heterocycles. The molecule has 2 aliphatic heterocycles. The predicted molar refractivity (Wildman–Crippen MR) is 42.3 cm³/mol. The first-order valence-electron chi connectivity index (χ1n) is 4.66. The third-order valence-electron chi connectivity index (χ3n) is 2.75. The van der Waals surface area contributed by atoms with Gasteiger partial charge in [-0.3, -0.25) is 0 Å². The van der Waals surface area contributed by atoms with Gasteiger partial charge in [-0.15, -0.1) is 0 Å². The molecule has 0 bridgehead atoms. The average molecular weight is 156 g/mol. The average Bonchev–Trinajstić information content (AvgIpc) is 2.62. The Hall–Kier alpha value is -0.0800. The van der Waals surface area contributed by atoms with Gasteiger partial charge in [-0.05, 0) is 19.3 Å². The van der Waals surface area contributed by atoms with Gasteiger partial charge in [0.25, 0.3) is 0 Å². The summed E-state index contributed by atoms with van der Waals surface area (Å²) >= 11 is 0. The maximum Gasteiger partial charge on any atom is 0.168 e. The highest BCUT2D eigenvalue weighted by molar-refractivity contribution is 4.83. The summed E-state index contributed by atoms with van der Waals surface area (Å²) in [6.07, 6.45) is 6.20. The molecule has 0 saturated carbocycles. The lowest BCUT2D eigenvalue weighted by atomic mass is 10.1. The Balaban J connectivity index is 1.96. The van der Waals surface area contributed by atoms with Crippen LogP contribution >= 0.6 is 0 Å². The van der Waals surface area contributed by atoms with E-state index in [-0.39, 0.29) is 5.79 Å². The van der Waals surface area contributed by atoms with E-state index >= 15 is 0 Å². The Labute approximate surface area is 67.9 Å². The van der Waals surface area contributed by atoms with Crippen LogP contribution in [-0.4, -0.2) is 18.5 Å². The third kappa shape index (κ3) is 1.30. The third-order valence-corrected chi connectivity index (χ3v) is 2.75. The van der Waals surface area contributed by atoms with Gasteiger partial charge in [0.2, 0.25) is 0 Å². The van der Waals surface area contributed by atoms with Gasteiger partial charge >= 0.3 is 0 Å². The Morgan fingerprint density at radius 2 is 2.36 bits per heavy atom. The van der Waals surface area contributed by atoms with E-state index in [9.17, 15) is 0 Å². The number of rotatable bonds is 1. The molecule has 2 rings (SSSR count). The zero-order valence-corrected chi connectivity index (χ0v) is 7.14.